The van der Waals surface area contributed by atoms with Crippen molar-refractivity contribution in [3.8, 4) is 0 Å². The summed E-state index contributed by atoms with van der Waals surface area (Å²) in [5, 5.41) is 10.9. The molecule has 0 radical (unpaired) electrons. The first-order valence-electron chi connectivity index (χ1n) is 8.00. The number of nitrogens with zero attached hydrogens (tertiary/aromatic N) is 4. The SMILES string of the molecule is Cc1cccn2c(CC(=O)N[C@H](C)c3nnc(C(C)C)o3)cnc12. The summed E-state index contributed by atoms with van der Waals surface area (Å²) in [6.07, 6.45) is 3.88. The van der Waals surface area contributed by atoms with Crippen LogP contribution in [0.25, 0.3) is 5.65 Å². The summed E-state index contributed by atoms with van der Waals surface area (Å²) in [4.78, 5) is 16.7. The monoisotopic (exact) mass is 327 g/mol. The Bertz CT molecular complexity index is 865. The largest absolute Gasteiger partial charge is 0.423 e. The Labute approximate surface area is 140 Å². The summed E-state index contributed by atoms with van der Waals surface area (Å²) in [6, 6.07) is 3.61. The van der Waals surface area contributed by atoms with E-state index in [4.69, 9.17) is 4.42 Å². The minimum atomic E-state index is -0.335. The smallest absolute Gasteiger partial charge is 0.238 e. The van der Waals surface area contributed by atoms with E-state index in [-0.39, 0.29) is 24.3 Å². The lowest BCUT2D eigenvalue weighted by atomic mass is 10.2. The molecule has 0 aliphatic carbocycles. The molecule has 126 valence electrons. The molecule has 0 saturated carbocycles. The third-order valence-corrected chi connectivity index (χ3v) is 3.85. The number of fused-ring (bicyclic) bond motifs is 1. The van der Waals surface area contributed by atoms with E-state index >= 15 is 0 Å². The van der Waals surface area contributed by atoms with Crippen molar-refractivity contribution in [2.24, 2.45) is 0 Å². The van der Waals surface area contributed by atoms with Gasteiger partial charge in [-0.2, -0.15) is 0 Å². The fourth-order valence-corrected chi connectivity index (χ4v) is 2.51. The van der Waals surface area contributed by atoms with Crippen molar-refractivity contribution >= 4 is 11.6 Å². The van der Waals surface area contributed by atoms with E-state index in [9.17, 15) is 4.79 Å². The highest BCUT2D eigenvalue weighted by Crippen LogP contribution is 2.17. The maximum absolute atomic E-state index is 12.3. The highest BCUT2D eigenvalue weighted by atomic mass is 16.4. The number of hydrogen-bond acceptors (Lipinski definition) is 5. The van der Waals surface area contributed by atoms with Crippen LogP contribution in [0.3, 0.4) is 0 Å². The molecule has 3 rings (SSSR count). The van der Waals surface area contributed by atoms with E-state index in [1.807, 2.05) is 50.4 Å². The normalized spacial score (nSPS) is 12.7. The summed E-state index contributed by atoms with van der Waals surface area (Å²) < 4.78 is 7.51. The molecule has 0 spiro atoms. The van der Waals surface area contributed by atoms with Crippen LogP contribution in [0.4, 0.5) is 0 Å². The zero-order valence-electron chi connectivity index (χ0n) is 14.3. The van der Waals surface area contributed by atoms with Gasteiger partial charge in [-0.15, -0.1) is 10.2 Å². The van der Waals surface area contributed by atoms with Crippen molar-refractivity contribution in [1.82, 2.24) is 24.9 Å². The standard InChI is InChI=1S/C17H21N5O2/c1-10(2)16-20-21-17(24-16)12(4)19-14(23)8-13-9-18-15-11(3)6-5-7-22(13)15/h5-7,9-10,12H,8H2,1-4H3,(H,19,23)/t12-/m1/s1. The first-order chi connectivity index (χ1) is 11.5. The highest BCUT2D eigenvalue weighted by molar-refractivity contribution is 5.78. The van der Waals surface area contributed by atoms with E-state index in [1.54, 1.807) is 6.20 Å². The zero-order chi connectivity index (χ0) is 17.3. The summed E-state index contributed by atoms with van der Waals surface area (Å²) >= 11 is 0. The first-order valence-corrected chi connectivity index (χ1v) is 8.00. The molecular weight excluding hydrogens is 306 g/mol. The Morgan fingerprint density at radius 3 is 2.75 bits per heavy atom. The van der Waals surface area contributed by atoms with Gasteiger partial charge in [0.2, 0.25) is 17.7 Å². The van der Waals surface area contributed by atoms with Gasteiger partial charge in [-0.05, 0) is 25.5 Å². The van der Waals surface area contributed by atoms with Crippen molar-refractivity contribution in [2.45, 2.75) is 46.1 Å². The van der Waals surface area contributed by atoms with Crippen molar-refractivity contribution in [3.05, 3.63) is 47.6 Å². The van der Waals surface area contributed by atoms with Crippen LogP contribution in [0.15, 0.2) is 28.9 Å². The van der Waals surface area contributed by atoms with Crippen LogP contribution in [0.5, 0.6) is 0 Å². The predicted molar refractivity (Wildman–Crippen MR) is 88.6 cm³/mol. The van der Waals surface area contributed by atoms with Crippen LogP contribution in [-0.4, -0.2) is 25.5 Å². The molecule has 0 fully saturated rings. The number of amides is 1. The Morgan fingerprint density at radius 2 is 2.04 bits per heavy atom. The van der Waals surface area contributed by atoms with Gasteiger partial charge < -0.3 is 14.1 Å². The van der Waals surface area contributed by atoms with Crippen LogP contribution < -0.4 is 5.32 Å². The van der Waals surface area contributed by atoms with Crippen LogP contribution in [0, 0.1) is 6.92 Å². The van der Waals surface area contributed by atoms with Gasteiger partial charge in [0.15, 0.2) is 0 Å². The quantitative estimate of drug-likeness (QED) is 0.778. The molecule has 0 saturated heterocycles. The summed E-state index contributed by atoms with van der Waals surface area (Å²) in [7, 11) is 0. The van der Waals surface area contributed by atoms with Crippen LogP contribution >= 0.6 is 0 Å². The number of hydrogen-bond donors (Lipinski definition) is 1. The van der Waals surface area contributed by atoms with Gasteiger partial charge in [0.1, 0.15) is 11.7 Å². The molecule has 0 aromatic carbocycles. The van der Waals surface area contributed by atoms with Gasteiger partial charge >= 0.3 is 0 Å². The number of carbonyl (C=O) groups excluding carboxylic acids is 1. The molecule has 3 aromatic rings. The number of rotatable bonds is 5. The molecule has 1 N–H and O–H groups in total. The Morgan fingerprint density at radius 1 is 1.29 bits per heavy atom. The third-order valence-electron chi connectivity index (χ3n) is 3.85. The number of carbonyl (C=O) groups is 1. The maximum atomic E-state index is 12.3. The van der Waals surface area contributed by atoms with Crippen molar-refractivity contribution in [2.75, 3.05) is 0 Å². The van der Waals surface area contributed by atoms with Gasteiger partial charge in [-0.1, -0.05) is 19.9 Å². The zero-order valence-corrected chi connectivity index (χ0v) is 14.3. The van der Waals surface area contributed by atoms with Crippen molar-refractivity contribution in [1.29, 1.82) is 0 Å². The number of imidazole rings is 1. The summed E-state index contributed by atoms with van der Waals surface area (Å²) in [6.45, 7) is 7.78. The molecule has 24 heavy (non-hydrogen) atoms. The second kappa shape index (κ2) is 6.43. The molecule has 3 aromatic heterocycles. The molecule has 0 aliphatic heterocycles. The first kappa shape index (κ1) is 16.2. The second-order valence-electron chi connectivity index (χ2n) is 6.23. The Balaban J connectivity index is 1.69. The average Bonchev–Trinajstić information content (AvgIpc) is 3.15. The molecular formula is C17H21N5O2. The lowest BCUT2D eigenvalue weighted by molar-refractivity contribution is -0.121. The molecule has 3 heterocycles. The lowest BCUT2D eigenvalue weighted by Crippen LogP contribution is -2.28. The van der Waals surface area contributed by atoms with Gasteiger partial charge in [-0.3, -0.25) is 4.79 Å². The summed E-state index contributed by atoms with van der Waals surface area (Å²) in [5.74, 6) is 1.04. The van der Waals surface area contributed by atoms with E-state index < -0.39 is 0 Å². The molecule has 0 bridgehead atoms. The minimum Gasteiger partial charge on any atom is -0.423 e. The minimum absolute atomic E-state index is 0.116. The molecule has 0 unspecified atom stereocenters. The van der Waals surface area contributed by atoms with Crippen LogP contribution in [0.2, 0.25) is 0 Å². The molecule has 7 nitrogen and oxygen atoms in total. The van der Waals surface area contributed by atoms with Gasteiger partial charge in [0.05, 0.1) is 12.1 Å². The van der Waals surface area contributed by atoms with E-state index in [0.717, 1.165) is 16.9 Å². The predicted octanol–water partition coefficient (Wildman–Crippen LogP) is 2.57. The molecule has 1 amide bonds. The number of nitrogens with one attached hydrogen (secondary N) is 1. The maximum Gasteiger partial charge on any atom is 0.238 e. The number of aromatic nitrogens is 4. The van der Waals surface area contributed by atoms with Gasteiger partial charge in [0.25, 0.3) is 0 Å². The molecule has 0 aliphatic rings. The average molecular weight is 327 g/mol. The van der Waals surface area contributed by atoms with Gasteiger partial charge in [0, 0.05) is 18.3 Å². The number of aryl methyl sites for hydroxylation is 1. The molecule has 7 heteroatoms. The highest BCUT2D eigenvalue weighted by Gasteiger charge is 2.18. The van der Waals surface area contributed by atoms with Crippen molar-refractivity contribution in [3.63, 3.8) is 0 Å². The van der Waals surface area contributed by atoms with E-state index in [1.165, 1.54) is 0 Å². The fourth-order valence-electron chi connectivity index (χ4n) is 2.51. The topological polar surface area (TPSA) is 85.3 Å². The number of pyridine rings is 1. The fraction of sp³-hybridized carbons (Fsp3) is 0.412. The molecule has 1 atom stereocenters. The van der Waals surface area contributed by atoms with Gasteiger partial charge in [-0.25, -0.2) is 4.98 Å². The second-order valence-corrected chi connectivity index (χ2v) is 6.23. The van der Waals surface area contributed by atoms with E-state index in [2.05, 4.69) is 20.5 Å². The van der Waals surface area contributed by atoms with E-state index in [0.29, 0.717) is 11.8 Å². The van der Waals surface area contributed by atoms with Crippen LogP contribution in [0.1, 0.15) is 55.8 Å². The summed E-state index contributed by atoms with van der Waals surface area (Å²) in [5.41, 5.74) is 2.78. The van der Waals surface area contributed by atoms with Crippen LogP contribution in [-0.2, 0) is 11.2 Å². The third kappa shape index (κ3) is 3.15. The Hall–Kier alpha value is -2.70. The van der Waals surface area contributed by atoms with Crippen molar-refractivity contribution < 1.29 is 9.21 Å². The lowest BCUT2D eigenvalue weighted by Gasteiger charge is -2.10. The Kier molecular flexibility index (Phi) is 4.33.